The molecule has 31 heavy (non-hydrogen) atoms. The highest BCUT2D eigenvalue weighted by Gasteiger charge is 2.09. The lowest BCUT2D eigenvalue weighted by Gasteiger charge is -2.08. The summed E-state index contributed by atoms with van der Waals surface area (Å²) in [6.07, 6.45) is 1.30. The van der Waals surface area contributed by atoms with E-state index in [4.69, 9.17) is 4.74 Å². The highest BCUT2D eigenvalue weighted by atomic mass is 16.5. The summed E-state index contributed by atoms with van der Waals surface area (Å²) in [5, 5.41) is 13.3. The average molecular weight is 413 g/mol. The first-order valence-electron chi connectivity index (χ1n) is 9.49. The van der Waals surface area contributed by atoms with Gasteiger partial charge < -0.3 is 20.1 Å². The third kappa shape index (κ3) is 4.45. The molecule has 0 aliphatic heterocycles. The van der Waals surface area contributed by atoms with Crippen molar-refractivity contribution in [3.05, 3.63) is 100.0 Å². The largest absolute Gasteiger partial charge is 0.507 e. The molecule has 0 fully saturated rings. The molecule has 0 aliphatic rings. The Kier molecular flexibility index (Phi) is 5.49. The average Bonchev–Trinajstić information content (AvgIpc) is 2.79. The van der Waals surface area contributed by atoms with E-state index in [0.29, 0.717) is 33.6 Å². The van der Waals surface area contributed by atoms with Crippen LogP contribution in [-0.2, 0) is 0 Å². The lowest BCUT2D eigenvalue weighted by atomic mass is 10.1. The van der Waals surface area contributed by atoms with Crippen LogP contribution in [0, 0.1) is 0 Å². The van der Waals surface area contributed by atoms with E-state index in [2.05, 4.69) is 15.3 Å². The van der Waals surface area contributed by atoms with E-state index in [1.165, 1.54) is 6.08 Å². The summed E-state index contributed by atoms with van der Waals surface area (Å²) in [6.45, 7) is 0. The SMILES string of the molecule is COc1ccc(C(=O)Nc2cccc(C(O)=Cc3nc4ccccc4[nH]c3=O)c2)cc1. The molecular weight excluding hydrogens is 394 g/mol. The standard InChI is InChI=1S/C24H19N3O4/c1-31-18-11-9-15(10-12-18)23(29)25-17-6-4-5-16(13-17)22(28)14-21-24(30)27-20-8-3-2-7-19(20)26-21/h2-14,28H,1H3,(H,25,29)(H,27,30). The Morgan fingerprint density at radius 3 is 2.58 bits per heavy atom. The molecule has 1 heterocycles. The molecule has 0 aliphatic carbocycles. The number of hydrogen-bond donors (Lipinski definition) is 3. The summed E-state index contributed by atoms with van der Waals surface area (Å²) in [5.41, 5.74) is 2.31. The number of ether oxygens (including phenoxy) is 1. The van der Waals surface area contributed by atoms with E-state index >= 15 is 0 Å². The van der Waals surface area contributed by atoms with Gasteiger partial charge in [0.1, 0.15) is 17.2 Å². The van der Waals surface area contributed by atoms with Crippen molar-refractivity contribution in [1.82, 2.24) is 9.97 Å². The maximum atomic E-state index is 12.5. The van der Waals surface area contributed by atoms with Crippen molar-refractivity contribution in [3.63, 3.8) is 0 Å². The number of methoxy groups -OCH3 is 1. The van der Waals surface area contributed by atoms with Gasteiger partial charge in [-0.2, -0.15) is 0 Å². The van der Waals surface area contributed by atoms with Gasteiger partial charge in [0.2, 0.25) is 0 Å². The third-order valence-corrected chi connectivity index (χ3v) is 4.67. The number of hydrogen-bond acceptors (Lipinski definition) is 5. The zero-order valence-electron chi connectivity index (χ0n) is 16.6. The number of benzene rings is 3. The summed E-state index contributed by atoms with van der Waals surface area (Å²) in [6, 6.07) is 20.6. The Balaban J connectivity index is 1.58. The number of anilines is 1. The van der Waals surface area contributed by atoms with Crippen LogP contribution in [0.1, 0.15) is 21.6 Å². The van der Waals surface area contributed by atoms with Crippen LogP contribution in [-0.4, -0.2) is 28.1 Å². The zero-order chi connectivity index (χ0) is 21.8. The molecule has 0 unspecified atom stereocenters. The van der Waals surface area contributed by atoms with Crippen LogP contribution in [0.5, 0.6) is 5.75 Å². The first kappa shape index (κ1) is 19.9. The molecule has 0 saturated heterocycles. The first-order valence-corrected chi connectivity index (χ1v) is 9.49. The van der Waals surface area contributed by atoms with E-state index < -0.39 is 5.56 Å². The fraction of sp³-hybridized carbons (Fsp3) is 0.0417. The first-order chi connectivity index (χ1) is 15.0. The van der Waals surface area contributed by atoms with Gasteiger partial charge in [-0.1, -0.05) is 24.3 Å². The zero-order valence-corrected chi connectivity index (χ0v) is 16.6. The molecule has 1 amide bonds. The molecular formula is C24H19N3O4. The van der Waals surface area contributed by atoms with Gasteiger partial charge in [0.25, 0.3) is 11.5 Å². The van der Waals surface area contributed by atoms with Crippen LogP contribution in [0.15, 0.2) is 77.6 Å². The summed E-state index contributed by atoms with van der Waals surface area (Å²) in [5.74, 6) is 0.218. The molecule has 0 atom stereocenters. The minimum Gasteiger partial charge on any atom is -0.507 e. The third-order valence-electron chi connectivity index (χ3n) is 4.67. The number of nitrogens with one attached hydrogen (secondary N) is 2. The number of carbonyl (C=O) groups is 1. The van der Waals surface area contributed by atoms with Crippen LogP contribution < -0.4 is 15.6 Å². The number of amides is 1. The lowest BCUT2D eigenvalue weighted by Crippen LogP contribution is -2.12. The molecule has 0 spiro atoms. The van der Waals surface area contributed by atoms with Crippen molar-refractivity contribution in [1.29, 1.82) is 0 Å². The topological polar surface area (TPSA) is 104 Å². The number of aromatic amines is 1. The van der Waals surface area contributed by atoms with E-state index in [9.17, 15) is 14.7 Å². The van der Waals surface area contributed by atoms with E-state index in [1.54, 1.807) is 73.8 Å². The summed E-state index contributed by atoms with van der Waals surface area (Å²) < 4.78 is 5.09. The molecule has 4 aromatic rings. The molecule has 0 radical (unpaired) electrons. The fourth-order valence-electron chi connectivity index (χ4n) is 3.06. The van der Waals surface area contributed by atoms with Gasteiger partial charge in [-0.05, 0) is 48.5 Å². The number of nitrogens with zero attached hydrogens (tertiary/aromatic N) is 1. The van der Waals surface area contributed by atoms with E-state index in [1.807, 2.05) is 6.07 Å². The smallest absolute Gasteiger partial charge is 0.274 e. The number of aliphatic hydroxyl groups excluding tert-OH is 1. The second-order valence-electron chi connectivity index (χ2n) is 6.76. The Morgan fingerprint density at radius 2 is 1.81 bits per heavy atom. The number of aromatic nitrogens is 2. The molecule has 4 rings (SSSR count). The van der Waals surface area contributed by atoms with Crippen LogP contribution in [0.25, 0.3) is 22.9 Å². The Labute approximate surface area is 177 Å². The molecule has 7 heteroatoms. The minimum atomic E-state index is -0.408. The predicted molar refractivity (Wildman–Crippen MR) is 120 cm³/mol. The molecule has 1 aromatic heterocycles. The van der Waals surface area contributed by atoms with E-state index in [-0.39, 0.29) is 17.4 Å². The van der Waals surface area contributed by atoms with Crippen molar-refractivity contribution >= 4 is 34.5 Å². The quantitative estimate of drug-likeness (QED) is 0.425. The number of fused-ring (bicyclic) bond motifs is 1. The monoisotopic (exact) mass is 413 g/mol. The van der Waals surface area contributed by atoms with Crippen LogP contribution in [0.4, 0.5) is 5.69 Å². The summed E-state index contributed by atoms with van der Waals surface area (Å²) in [7, 11) is 1.56. The van der Waals surface area contributed by atoms with Crippen LogP contribution in [0.2, 0.25) is 0 Å². The summed E-state index contributed by atoms with van der Waals surface area (Å²) >= 11 is 0. The van der Waals surface area contributed by atoms with Gasteiger partial charge >= 0.3 is 0 Å². The second-order valence-corrected chi connectivity index (χ2v) is 6.76. The lowest BCUT2D eigenvalue weighted by molar-refractivity contribution is 0.102. The summed E-state index contributed by atoms with van der Waals surface area (Å²) in [4.78, 5) is 31.8. The van der Waals surface area contributed by atoms with Gasteiger partial charge in [-0.3, -0.25) is 9.59 Å². The number of rotatable bonds is 5. The van der Waals surface area contributed by atoms with Crippen LogP contribution in [0.3, 0.4) is 0 Å². The minimum absolute atomic E-state index is 0.0869. The molecule has 7 nitrogen and oxygen atoms in total. The Hall–Kier alpha value is -4.39. The second kappa shape index (κ2) is 8.54. The molecule has 3 N–H and O–H groups in total. The van der Waals surface area contributed by atoms with Crippen molar-refractivity contribution in [2.75, 3.05) is 12.4 Å². The van der Waals surface area contributed by atoms with Crippen molar-refractivity contribution in [3.8, 4) is 5.75 Å². The van der Waals surface area contributed by atoms with Gasteiger partial charge in [0.15, 0.2) is 0 Å². The van der Waals surface area contributed by atoms with Crippen molar-refractivity contribution in [2.45, 2.75) is 0 Å². The number of para-hydroxylation sites is 2. The van der Waals surface area contributed by atoms with Crippen LogP contribution >= 0.6 is 0 Å². The maximum Gasteiger partial charge on any atom is 0.274 e. The van der Waals surface area contributed by atoms with E-state index in [0.717, 1.165) is 0 Å². The highest BCUT2D eigenvalue weighted by molar-refractivity contribution is 6.04. The normalized spacial score (nSPS) is 11.3. The maximum absolute atomic E-state index is 12.5. The number of aliphatic hydroxyl groups is 1. The number of carbonyl (C=O) groups excluding carboxylic acids is 1. The molecule has 0 saturated carbocycles. The molecule has 3 aromatic carbocycles. The predicted octanol–water partition coefficient (Wildman–Crippen LogP) is 4.24. The van der Waals surface area contributed by atoms with Gasteiger partial charge in [0, 0.05) is 22.9 Å². The van der Waals surface area contributed by atoms with Gasteiger partial charge in [0.05, 0.1) is 18.1 Å². The Bertz CT molecular complexity index is 1340. The van der Waals surface area contributed by atoms with Gasteiger partial charge in [-0.25, -0.2) is 4.98 Å². The molecule has 154 valence electrons. The number of H-pyrrole nitrogens is 1. The highest BCUT2D eigenvalue weighted by Crippen LogP contribution is 2.20. The van der Waals surface area contributed by atoms with Crippen molar-refractivity contribution in [2.24, 2.45) is 0 Å². The Morgan fingerprint density at radius 1 is 1.03 bits per heavy atom. The molecule has 0 bridgehead atoms. The van der Waals surface area contributed by atoms with Crippen molar-refractivity contribution < 1.29 is 14.6 Å². The fourth-order valence-corrected chi connectivity index (χ4v) is 3.06. The van der Waals surface area contributed by atoms with Gasteiger partial charge in [-0.15, -0.1) is 0 Å².